The van der Waals surface area contributed by atoms with Crippen LogP contribution >= 0.6 is 0 Å². The zero-order valence-electron chi connectivity index (χ0n) is 12.6. The van der Waals surface area contributed by atoms with Gasteiger partial charge in [-0.25, -0.2) is 4.79 Å². The van der Waals surface area contributed by atoms with Crippen molar-refractivity contribution in [2.45, 2.75) is 39.7 Å². The molecule has 0 aromatic heterocycles. The molecule has 0 spiro atoms. The van der Waals surface area contributed by atoms with Gasteiger partial charge >= 0.3 is 6.03 Å². The maximum absolute atomic E-state index is 10.8. The van der Waals surface area contributed by atoms with Gasteiger partial charge in [-0.1, -0.05) is 32.9 Å². The molecule has 1 aromatic rings. The monoisotopic (exact) mass is 275 g/mol. The van der Waals surface area contributed by atoms with Crippen molar-refractivity contribution < 1.29 is 4.79 Å². The molecule has 1 fully saturated rings. The Balaban J connectivity index is 2.08. The fraction of sp³-hybridized carbons (Fsp3) is 0.562. The summed E-state index contributed by atoms with van der Waals surface area (Å²) in [6.07, 6.45) is 2.46. The third kappa shape index (κ3) is 3.97. The number of rotatable bonds is 3. The highest BCUT2D eigenvalue weighted by Crippen LogP contribution is 2.34. The first-order chi connectivity index (χ1) is 9.35. The Labute approximate surface area is 121 Å². The molecule has 2 rings (SSSR count). The Bertz CT molecular complexity index is 462. The van der Waals surface area contributed by atoms with E-state index in [0.29, 0.717) is 11.5 Å². The molecule has 1 heterocycles. The average molecular weight is 275 g/mol. The Hall–Kier alpha value is -1.55. The predicted octanol–water partition coefficient (Wildman–Crippen LogP) is 3.36. The summed E-state index contributed by atoms with van der Waals surface area (Å²) < 4.78 is 0. The van der Waals surface area contributed by atoms with Gasteiger partial charge in [0, 0.05) is 18.3 Å². The number of carbonyl (C=O) groups excluding carboxylic acids is 1. The number of urea groups is 1. The number of anilines is 1. The van der Waals surface area contributed by atoms with E-state index in [0.717, 1.165) is 12.2 Å². The highest BCUT2D eigenvalue weighted by Gasteiger charge is 2.28. The lowest BCUT2D eigenvalue weighted by Crippen LogP contribution is -2.32. The molecule has 1 atom stereocenters. The Morgan fingerprint density at radius 3 is 2.55 bits per heavy atom. The van der Waals surface area contributed by atoms with Crippen molar-refractivity contribution >= 4 is 11.7 Å². The molecule has 0 radical (unpaired) electrons. The fourth-order valence-corrected chi connectivity index (χ4v) is 2.93. The SMILES string of the molecule is CC(C)(C)CN1CCCC1c1ccc(NC(N)=O)cc1. The molecule has 1 aliphatic heterocycles. The summed E-state index contributed by atoms with van der Waals surface area (Å²) in [6.45, 7) is 9.12. The first kappa shape index (κ1) is 14.9. The molecule has 1 aliphatic rings. The molecular weight excluding hydrogens is 250 g/mol. The van der Waals surface area contributed by atoms with Gasteiger partial charge in [-0.2, -0.15) is 0 Å². The van der Waals surface area contributed by atoms with Crippen LogP contribution < -0.4 is 11.1 Å². The van der Waals surface area contributed by atoms with Gasteiger partial charge in [0.25, 0.3) is 0 Å². The third-order valence-corrected chi connectivity index (χ3v) is 3.60. The molecule has 110 valence electrons. The van der Waals surface area contributed by atoms with Crippen molar-refractivity contribution in [2.24, 2.45) is 11.1 Å². The quantitative estimate of drug-likeness (QED) is 0.888. The van der Waals surface area contributed by atoms with E-state index in [1.54, 1.807) is 0 Å². The van der Waals surface area contributed by atoms with E-state index in [-0.39, 0.29) is 0 Å². The normalized spacial score (nSPS) is 20.1. The number of hydrogen-bond acceptors (Lipinski definition) is 2. The van der Waals surface area contributed by atoms with Gasteiger partial charge in [-0.3, -0.25) is 4.90 Å². The lowest BCUT2D eigenvalue weighted by atomic mass is 9.94. The van der Waals surface area contributed by atoms with E-state index in [9.17, 15) is 4.79 Å². The van der Waals surface area contributed by atoms with Crippen LogP contribution in [-0.2, 0) is 0 Å². The highest BCUT2D eigenvalue weighted by atomic mass is 16.2. The summed E-state index contributed by atoms with van der Waals surface area (Å²) in [5.74, 6) is 0. The van der Waals surface area contributed by atoms with Gasteiger partial charge in [-0.05, 0) is 42.5 Å². The Kier molecular flexibility index (Phi) is 4.33. The second-order valence-corrected chi connectivity index (χ2v) is 6.80. The van der Waals surface area contributed by atoms with E-state index in [4.69, 9.17) is 5.73 Å². The van der Waals surface area contributed by atoms with Crippen molar-refractivity contribution in [3.8, 4) is 0 Å². The molecule has 4 nitrogen and oxygen atoms in total. The van der Waals surface area contributed by atoms with Crippen LogP contribution in [0.4, 0.5) is 10.5 Å². The highest BCUT2D eigenvalue weighted by molar-refractivity contribution is 5.87. The van der Waals surface area contributed by atoms with Crippen molar-refractivity contribution in [2.75, 3.05) is 18.4 Å². The van der Waals surface area contributed by atoms with Gasteiger partial charge < -0.3 is 11.1 Å². The van der Waals surface area contributed by atoms with E-state index in [1.807, 2.05) is 12.1 Å². The van der Waals surface area contributed by atoms with Crippen LogP contribution in [0.3, 0.4) is 0 Å². The summed E-state index contributed by atoms with van der Waals surface area (Å²) in [6, 6.07) is 8.01. The maximum Gasteiger partial charge on any atom is 0.316 e. The van der Waals surface area contributed by atoms with Crippen LogP contribution in [0.25, 0.3) is 0 Å². The van der Waals surface area contributed by atoms with Gasteiger partial charge in [0.15, 0.2) is 0 Å². The van der Waals surface area contributed by atoms with Gasteiger partial charge in [0.1, 0.15) is 0 Å². The maximum atomic E-state index is 10.8. The minimum Gasteiger partial charge on any atom is -0.351 e. The topological polar surface area (TPSA) is 58.4 Å². The molecular formula is C16H25N3O. The van der Waals surface area contributed by atoms with Crippen LogP contribution in [0.15, 0.2) is 24.3 Å². The number of nitrogens with two attached hydrogens (primary N) is 1. The molecule has 4 heteroatoms. The van der Waals surface area contributed by atoms with Gasteiger partial charge in [0.05, 0.1) is 0 Å². The summed E-state index contributed by atoms with van der Waals surface area (Å²) in [5, 5.41) is 2.60. The van der Waals surface area contributed by atoms with Crippen LogP contribution in [0.5, 0.6) is 0 Å². The second-order valence-electron chi connectivity index (χ2n) is 6.80. The first-order valence-electron chi connectivity index (χ1n) is 7.26. The van der Waals surface area contributed by atoms with Gasteiger partial charge in [0.2, 0.25) is 0 Å². The largest absolute Gasteiger partial charge is 0.351 e. The molecule has 1 aromatic carbocycles. The minimum absolute atomic E-state index is 0.316. The second kappa shape index (κ2) is 5.83. The summed E-state index contributed by atoms with van der Waals surface area (Å²) >= 11 is 0. The smallest absolute Gasteiger partial charge is 0.316 e. The number of amides is 2. The van der Waals surface area contributed by atoms with Crippen molar-refractivity contribution in [3.05, 3.63) is 29.8 Å². The fourth-order valence-electron chi connectivity index (χ4n) is 2.93. The van der Waals surface area contributed by atoms with Crippen molar-refractivity contribution in [1.29, 1.82) is 0 Å². The molecule has 1 unspecified atom stereocenters. The molecule has 0 bridgehead atoms. The standard InChI is InChI=1S/C16H25N3O/c1-16(2,3)11-19-10-4-5-14(19)12-6-8-13(9-7-12)18-15(17)20/h6-9,14H,4-5,10-11H2,1-3H3,(H3,17,18,20). The summed E-state index contributed by atoms with van der Waals surface area (Å²) in [7, 11) is 0. The first-order valence-corrected chi connectivity index (χ1v) is 7.26. The van der Waals surface area contributed by atoms with E-state index < -0.39 is 6.03 Å². The van der Waals surface area contributed by atoms with E-state index >= 15 is 0 Å². The lowest BCUT2D eigenvalue weighted by Gasteiger charge is -2.31. The molecule has 3 N–H and O–H groups in total. The summed E-state index contributed by atoms with van der Waals surface area (Å²) in [4.78, 5) is 13.4. The van der Waals surface area contributed by atoms with Crippen molar-refractivity contribution in [1.82, 2.24) is 4.90 Å². The number of nitrogens with zero attached hydrogens (tertiary/aromatic N) is 1. The summed E-state index contributed by atoms with van der Waals surface area (Å²) in [5.41, 5.74) is 7.51. The average Bonchev–Trinajstić information content (AvgIpc) is 2.75. The Morgan fingerprint density at radius 1 is 1.35 bits per heavy atom. The number of likely N-dealkylation sites (tertiary alicyclic amines) is 1. The molecule has 0 saturated carbocycles. The molecule has 1 saturated heterocycles. The zero-order chi connectivity index (χ0) is 14.8. The zero-order valence-corrected chi connectivity index (χ0v) is 12.6. The van der Waals surface area contributed by atoms with Crippen LogP contribution in [0, 0.1) is 5.41 Å². The van der Waals surface area contributed by atoms with E-state index in [2.05, 4.69) is 43.1 Å². The van der Waals surface area contributed by atoms with Crippen LogP contribution in [0.1, 0.15) is 45.2 Å². The molecule has 0 aliphatic carbocycles. The van der Waals surface area contributed by atoms with Crippen molar-refractivity contribution in [3.63, 3.8) is 0 Å². The number of carbonyl (C=O) groups is 1. The molecule has 20 heavy (non-hydrogen) atoms. The molecule has 2 amide bonds. The number of benzene rings is 1. The number of hydrogen-bond donors (Lipinski definition) is 2. The number of primary amides is 1. The third-order valence-electron chi connectivity index (χ3n) is 3.60. The minimum atomic E-state index is -0.520. The van der Waals surface area contributed by atoms with Gasteiger partial charge in [-0.15, -0.1) is 0 Å². The van der Waals surface area contributed by atoms with E-state index in [1.165, 1.54) is 24.9 Å². The lowest BCUT2D eigenvalue weighted by molar-refractivity contribution is 0.178. The predicted molar refractivity (Wildman–Crippen MR) is 82.7 cm³/mol. The Morgan fingerprint density at radius 2 is 2.00 bits per heavy atom. The van der Waals surface area contributed by atoms with Crippen LogP contribution in [-0.4, -0.2) is 24.0 Å². The number of nitrogens with one attached hydrogen (secondary N) is 1. The van der Waals surface area contributed by atoms with Crippen LogP contribution in [0.2, 0.25) is 0 Å².